The molecule has 0 bridgehead atoms. The summed E-state index contributed by atoms with van der Waals surface area (Å²) in [6.07, 6.45) is 0.882. The molecule has 0 spiro atoms. The topological polar surface area (TPSA) is 17.8 Å². The fourth-order valence-electron chi connectivity index (χ4n) is 3.13. The van der Waals surface area contributed by atoms with Crippen molar-refractivity contribution in [1.82, 2.24) is 9.55 Å². The highest BCUT2D eigenvalue weighted by molar-refractivity contribution is 6.29. The van der Waals surface area contributed by atoms with E-state index in [1.807, 2.05) is 24.3 Å². The van der Waals surface area contributed by atoms with E-state index in [-0.39, 0.29) is 11.9 Å². The Bertz CT molecular complexity index is 838. The largest absolute Gasteiger partial charge is 0.336 e. The summed E-state index contributed by atoms with van der Waals surface area (Å²) in [5.41, 5.74) is 3.89. The number of rotatable bonds is 0. The zero-order valence-corrected chi connectivity index (χ0v) is 11.7. The van der Waals surface area contributed by atoms with Crippen molar-refractivity contribution in [2.45, 2.75) is 19.4 Å². The van der Waals surface area contributed by atoms with E-state index in [1.54, 1.807) is 6.07 Å². The normalized spacial score (nSPS) is 17.1. The Morgan fingerprint density at radius 2 is 2.15 bits per heavy atom. The van der Waals surface area contributed by atoms with Crippen LogP contribution >= 0.6 is 11.6 Å². The average Bonchev–Trinajstić information content (AvgIpc) is 2.82. The first kappa shape index (κ1) is 11.9. The molecule has 0 amide bonds. The fraction of sp³-hybridized carbons (Fsp3) is 0.188. The molecule has 0 aliphatic carbocycles. The highest BCUT2D eigenvalue weighted by Crippen LogP contribution is 2.39. The second-order valence-corrected chi connectivity index (χ2v) is 5.65. The summed E-state index contributed by atoms with van der Waals surface area (Å²) < 4.78 is 16.2. The molecule has 0 radical (unpaired) electrons. The van der Waals surface area contributed by atoms with E-state index in [1.165, 1.54) is 6.07 Å². The van der Waals surface area contributed by atoms with Crippen LogP contribution in [0.5, 0.6) is 0 Å². The van der Waals surface area contributed by atoms with Gasteiger partial charge in [-0.15, -0.1) is 0 Å². The third-order valence-corrected chi connectivity index (χ3v) is 4.18. The second kappa shape index (κ2) is 4.06. The smallest absolute Gasteiger partial charge is 0.132 e. The van der Waals surface area contributed by atoms with Gasteiger partial charge in [0.1, 0.15) is 11.0 Å². The quantitative estimate of drug-likeness (QED) is 0.552. The number of aromatic nitrogens is 2. The summed E-state index contributed by atoms with van der Waals surface area (Å²) >= 11 is 6.02. The summed E-state index contributed by atoms with van der Waals surface area (Å²) in [5, 5.41) is 1.11. The van der Waals surface area contributed by atoms with Crippen LogP contribution in [-0.4, -0.2) is 9.55 Å². The number of hydrogen-bond acceptors (Lipinski definition) is 1. The monoisotopic (exact) mass is 286 g/mol. The molecule has 0 saturated heterocycles. The van der Waals surface area contributed by atoms with Crippen LogP contribution in [0.1, 0.15) is 18.5 Å². The number of pyridine rings is 1. The maximum Gasteiger partial charge on any atom is 0.132 e. The van der Waals surface area contributed by atoms with Crippen LogP contribution in [0.4, 0.5) is 4.39 Å². The number of nitrogens with zero attached hydrogens (tertiary/aromatic N) is 2. The Labute approximate surface area is 120 Å². The molecule has 2 aromatic heterocycles. The zero-order valence-electron chi connectivity index (χ0n) is 10.9. The van der Waals surface area contributed by atoms with Crippen molar-refractivity contribution in [2.24, 2.45) is 0 Å². The molecule has 100 valence electrons. The average molecular weight is 287 g/mol. The third-order valence-electron chi connectivity index (χ3n) is 3.97. The van der Waals surface area contributed by atoms with Crippen LogP contribution in [0.25, 0.3) is 22.3 Å². The van der Waals surface area contributed by atoms with Crippen molar-refractivity contribution in [3.05, 3.63) is 52.9 Å². The minimum atomic E-state index is -0.194. The molecular weight excluding hydrogens is 275 g/mol. The predicted molar refractivity (Wildman–Crippen MR) is 78.6 cm³/mol. The Morgan fingerprint density at radius 3 is 3.00 bits per heavy atom. The van der Waals surface area contributed by atoms with Gasteiger partial charge in [-0.2, -0.15) is 0 Å². The van der Waals surface area contributed by atoms with Gasteiger partial charge < -0.3 is 4.57 Å². The van der Waals surface area contributed by atoms with Gasteiger partial charge in [0.05, 0.1) is 16.9 Å². The summed E-state index contributed by atoms with van der Waals surface area (Å²) in [6, 6.07) is 11.2. The maximum atomic E-state index is 14.0. The predicted octanol–water partition coefficient (Wildman–Crippen LogP) is 4.61. The SMILES string of the molecule is CC1Cc2ccc(Cl)nc2-c2cc3c(F)cccc3n21. The van der Waals surface area contributed by atoms with Gasteiger partial charge in [-0.3, -0.25) is 0 Å². The first-order valence-corrected chi connectivity index (χ1v) is 6.98. The van der Waals surface area contributed by atoms with Gasteiger partial charge in [0, 0.05) is 11.4 Å². The standard InChI is InChI=1S/C16H12ClFN2/c1-9-7-10-5-6-15(17)19-16(10)14-8-11-12(18)3-2-4-13(11)20(9)14/h2-6,8-9H,7H2,1H3. The van der Waals surface area contributed by atoms with Crippen LogP contribution < -0.4 is 0 Å². The lowest BCUT2D eigenvalue weighted by atomic mass is 9.99. The van der Waals surface area contributed by atoms with Gasteiger partial charge in [-0.05, 0) is 43.2 Å². The van der Waals surface area contributed by atoms with E-state index in [0.717, 1.165) is 28.9 Å². The van der Waals surface area contributed by atoms with E-state index in [2.05, 4.69) is 16.5 Å². The lowest BCUT2D eigenvalue weighted by Crippen LogP contribution is -2.16. The Kier molecular flexibility index (Phi) is 2.42. The highest BCUT2D eigenvalue weighted by atomic mass is 35.5. The first-order valence-electron chi connectivity index (χ1n) is 6.60. The van der Waals surface area contributed by atoms with Crippen molar-refractivity contribution in [3.8, 4) is 11.4 Å². The molecule has 1 atom stereocenters. The lowest BCUT2D eigenvalue weighted by Gasteiger charge is -2.25. The second-order valence-electron chi connectivity index (χ2n) is 5.27. The van der Waals surface area contributed by atoms with Gasteiger partial charge in [0.25, 0.3) is 0 Å². The van der Waals surface area contributed by atoms with Crippen LogP contribution in [0, 0.1) is 5.82 Å². The zero-order chi connectivity index (χ0) is 13.9. The van der Waals surface area contributed by atoms with Gasteiger partial charge >= 0.3 is 0 Å². The number of fused-ring (bicyclic) bond motifs is 5. The fourth-order valence-corrected chi connectivity index (χ4v) is 3.28. The Hall–Kier alpha value is -1.87. The van der Waals surface area contributed by atoms with Crippen molar-refractivity contribution >= 4 is 22.5 Å². The van der Waals surface area contributed by atoms with Crippen molar-refractivity contribution in [3.63, 3.8) is 0 Å². The lowest BCUT2D eigenvalue weighted by molar-refractivity contribution is 0.552. The highest BCUT2D eigenvalue weighted by Gasteiger charge is 2.25. The van der Waals surface area contributed by atoms with Crippen LogP contribution in [-0.2, 0) is 6.42 Å². The molecule has 0 N–H and O–H groups in total. The molecule has 20 heavy (non-hydrogen) atoms. The molecule has 1 unspecified atom stereocenters. The molecule has 0 saturated carbocycles. The van der Waals surface area contributed by atoms with Gasteiger partial charge in [-0.25, -0.2) is 9.37 Å². The first-order chi connectivity index (χ1) is 9.65. The van der Waals surface area contributed by atoms with Crippen molar-refractivity contribution < 1.29 is 4.39 Å². The van der Waals surface area contributed by atoms with Gasteiger partial charge in [0.2, 0.25) is 0 Å². The van der Waals surface area contributed by atoms with E-state index in [9.17, 15) is 4.39 Å². The van der Waals surface area contributed by atoms with Crippen molar-refractivity contribution in [1.29, 1.82) is 0 Å². The van der Waals surface area contributed by atoms with E-state index in [4.69, 9.17) is 11.6 Å². The van der Waals surface area contributed by atoms with Crippen LogP contribution in [0.3, 0.4) is 0 Å². The third kappa shape index (κ3) is 1.53. The van der Waals surface area contributed by atoms with Crippen LogP contribution in [0.15, 0.2) is 36.4 Å². The summed E-state index contributed by atoms with van der Waals surface area (Å²) in [7, 11) is 0. The molecule has 1 aromatic carbocycles. The van der Waals surface area contributed by atoms with Crippen LogP contribution in [0.2, 0.25) is 5.15 Å². The Balaban J connectivity index is 2.12. The van der Waals surface area contributed by atoms with Gasteiger partial charge in [0.15, 0.2) is 0 Å². The molecule has 4 rings (SSSR count). The summed E-state index contributed by atoms with van der Waals surface area (Å²) in [5.74, 6) is -0.194. The molecule has 0 fully saturated rings. The molecular formula is C16H12ClFN2. The number of benzene rings is 1. The molecule has 2 nitrogen and oxygen atoms in total. The minimum absolute atomic E-state index is 0.194. The maximum absolute atomic E-state index is 14.0. The van der Waals surface area contributed by atoms with E-state index in [0.29, 0.717) is 10.5 Å². The minimum Gasteiger partial charge on any atom is -0.336 e. The van der Waals surface area contributed by atoms with E-state index < -0.39 is 0 Å². The van der Waals surface area contributed by atoms with Crippen molar-refractivity contribution in [2.75, 3.05) is 0 Å². The molecule has 1 aliphatic rings. The van der Waals surface area contributed by atoms with E-state index >= 15 is 0 Å². The Morgan fingerprint density at radius 1 is 1.30 bits per heavy atom. The number of hydrogen-bond donors (Lipinski definition) is 0. The molecule has 3 aromatic rings. The summed E-state index contributed by atoms with van der Waals surface area (Å²) in [6.45, 7) is 2.14. The summed E-state index contributed by atoms with van der Waals surface area (Å²) in [4.78, 5) is 4.44. The molecule has 4 heteroatoms. The molecule has 3 heterocycles. The molecule has 1 aliphatic heterocycles. The van der Waals surface area contributed by atoms with Gasteiger partial charge in [-0.1, -0.05) is 23.7 Å². The number of halogens is 2.